The van der Waals surface area contributed by atoms with Gasteiger partial charge in [0.25, 0.3) is 0 Å². The molecule has 0 spiro atoms. The molecule has 1 aliphatic carbocycles. The van der Waals surface area contributed by atoms with Gasteiger partial charge in [-0.3, -0.25) is 0 Å². The Labute approximate surface area is 184 Å². The summed E-state index contributed by atoms with van der Waals surface area (Å²) in [4.78, 5) is 0. The molecular formula is C30H38. The molecule has 3 rings (SSSR count). The Kier molecular flexibility index (Phi) is 5.52. The van der Waals surface area contributed by atoms with Crippen molar-refractivity contribution in [2.45, 2.75) is 73.1 Å². The van der Waals surface area contributed by atoms with Crippen molar-refractivity contribution >= 4 is 5.57 Å². The number of rotatable bonds is 3. The molecule has 0 saturated carbocycles. The van der Waals surface area contributed by atoms with E-state index in [1.54, 1.807) is 0 Å². The van der Waals surface area contributed by atoms with E-state index in [-0.39, 0.29) is 16.2 Å². The first-order valence-corrected chi connectivity index (χ1v) is 11.1. The molecule has 0 radical (unpaired) electrons. The van der Waals surface area contributed by atoms with Crippen molar-refractivity contribution in [2.24, 2.45) is 5.41 Å². The van der Waals surface area contributed by atoms with E-state index in [2.05, 4.69) is 117 Å². The number of benzene rings is 2. The van der Waals surface area contributed by atoms with E-state index in [0.29, 0.717) is 0 Å². The van der Waals surface area contributed by atoms with Crippen molar-refractivity contribution in [1.29, 1.82) is 0 Å². The Balaban J connectivity index is 2.27. The first kappa shape index (κ1) is 22.3. The Bertz CT molecular complexity index is 1050. The Morgan fingerprint density at radius 1 is 0.867 bits per heavy atom. The van der Waals surface area contributed by atoms with Crippen LogP contribution >= 0.6 is 0 Å². The van der Waals surface area contributed by atoms with Crippen molar-refractivity contribution in [3.05, 3.63) is 100 Å². The zero-order valence-electron chi connectivity index (χ0n) is 20.4. The first-order chi connectivity index (χ1) is 13.8. The van der Waals surface area contributed by atoms with Crippen molar-refractivity contribution in [1.82, 2.24) is 0 Å². The fourth-order valence-corrected chi connectivity index (χ4v) is 4.84. The smallest absolute Gasteiger partial charge is 0.0152 e. The maximum absolute atomic E-state index is 4.17. The van der Waals surface area contributed by atoms with Gasteiger partial charge in [0.05, 0.1) is 0 Å². The third-order valence-corrected chi connectivity index (χ3v) is 6.74. The average molecular weight is 399 g/mol. The number of aryl methyl sites for hydroxylation is 1. The Morgan fingerprint density at radius 3 is 1.83 bits per heavy atom. The second-order valence-corrected chi connectivity index (χ2v) is 11.0. The van der Waals surface area contributed by atoms with Gasteiger partial charge in [0.15, 0.2) is 0 Å². The summed E-state index contributed by atoms with van der Waals surface area (Å²) in [5, 5.41) is 0. The molecule has 0 saturated heterocycles. The molecule has 0 amide bonds. The van der Waals surface area contributed by atoms with Gasteiger partial charge in [-0.2, -0.15) is 0 Å². The zero-order valence-corrected chi connectivity index (χ0v) is 20.4. The molecule has 0 aliphatic heterocycles. The highest BCUT2D eigenvalue weighted by Gasteiger charge is 2.41. The molecule has 158 valence electrons. The van der Waals surface area contributed by atoms with Crippen LogP contribution in [0.15, 0.2) is 66.8 Å². The van der Waals surface area contributed by atoms with Gasteiger partial charge in [-0.15, -0.1) is 0 Å². The minimum atomic E-state index is -0.0364. The molecule has 0 atom stereocenters. The largest absolute Gasteiger partial charge is 0.0984 e. The van der Waals surface area contributed by atoms with Gasteiger partial charge >= 0.3 is 0 Å². The fraction of sp³-hybridized carbons (Fsp3) is 0.400. The number of fused-ring (bicyclic) bond motifs is 2. The van der Waals surface area contributed by atoms with Crippen LogP contribution in [0.25, 0.3) is 5.57 Å². The van der Waals surface area contributed by atoms with E-state index in [4.69, 9.17) is 0 Å². The molecule has 0 aromatic heterocycles. The highest BCUT2D eigenvalue weighted by molar-refractivity contribution is 5.81. The zero-order chi connectivity index (χ0) is 22.5. The molecule has 30 heavy (non-hydrogen) atoms. The van der Waals surface area contributed by atoms with Crippen molar-refractivity contribution in [3.63, 3.8) is 0 Å². The van der Waals surface area contributed by atoms with Gasteiger partial charge in [-0.1, -0.05) is 104 Å². The van der Waals surface area contributed by atoms with Crippen molar-refractivity contribution in [3.8, 4) is 0 Å². The Hall–Kier alpha value is -2.34. The molecule has 0 heterocycles. The maximum Gasteiger partial charge on any atom is 0.0152 e. The summed E-state index contributed by atoms with van der Waals surface area (Å²) < 4.78 is 0. The summed E-state index contributed by atoms with van der Waals surface area (Å²) in [6.07, 6.45) is 6.55. The fourth-order valence-electron chi connectivity index (χ4n) is 4.84. The molecule has 0 fully saturated rings. The van der Waals surface area contributed by atoms with Crippen LogP contribution in [-0.2, 0) is 10.8 Å². The van der Waals surface area contributed by atoms with E-state index in [1.807, 2.05) is 6.08 Å². The standard InChI is InChI=1S/C30H38/c1-11-22(20(2)16-17-28(4,5)6)23-19-27-26(18-21(23)3)29(7,8)24-14-12-13-15-25(24)30(27,9)10/h11-19H,1H2,2-10H3/b17-16-,22-20+. The first-order valence-electron chi connectivity index (χ1n) is 11.1. The molecule has 0 unspecified atom stereocenters. The third-order valence-electron chi connectivity index (χ3n) is 6.74. The van der Waals surface area contributed by atoms with Gasteiger partial charge in [-0.25, -0.2) is 0 Å². The lowest BCUT2D eigenvalue weighted by Crippen LogP contribution is -2.36. The summed E-state index contributed by atoms with van der Waals surface area (Å²) in [5.74, 6) is 0. The highest BCUT2D eigenvalue weighted by atomic mass is 14.4. The van der Waals surface area contributed by atoms with Crippen LogP contribution in [0.4, 0.5) is 0 Å². The van der Waals surface area contributed by atoms with E-state index in [1.165, 1.54) is 44.5 Å². The predicted octanol–water partition coefficient (Wildman–Crippen LogP) is 8.52. The molecule has 0 N–H and O–H groups in total. The number of hydrogen-bond acceptors (Lipinski definition) is 0. The van der Waals surface area contributed by atoms with Crippen LogP contribution in [-0.4, -0.2) is 0 Å². The quantitative estimate of drug-likeness (QED) is 0.454. The average Bonchev–Trinajstić information content (AvgIpc) is 2.66. The van der Waals surface area contributed by atoms with E-state index < -0.39 is 0 Å². The second kappa shape index (κ2) is 7.41. The molecule has 0 bridgehead atoms. The van der Waals surface area contributed by atoms with E-state index in [0.717, 1.165) is 0 Å². The lowest BCUT2D eigenvalue weighted by atomic mass is 9.59. The van der Waals surface area contributed by atoms with Crippen LogP contribution in [0.1, 0.15) is 88.8 Å². The summed E-state index contributed by atoms with van der Waals surface area (Å²) in [5.41, 5.74) is 11.0. The molecule has 0 heteroatoms. The van der Waals surface area contributed by atoms with Gasteiger partial charge in [0.2, 0.25) is 0 Å². The van der Waals surface area contributed by atoms with Crippen LogP contribution < -0.4 is 0 Å². The summed E-state index contributed by atoms with van der Waals surface area (Å²) in [7, 11) is 0. The lowest BCUT2D eigenvalue weighted by Gasteiger charge is -2.44. The minimum Gasteiger partial charge on any atom is -0.0984 e. The number of allylic oxidation sites excluding steroid dienone is 5. The topological polar surface area (TPSA) is 0 Å². The monoisotopic (exact) mass is 398 g/mol. The SMILES string of the molecule is C=C/C(=C(C)\C=C/C(C)(C)C)c1cc2c(cc1C)C(C)(C)c1ccccc1C2(C)C. The van der Waals surface area contributed by atoms with Crippen molar-refractivity contribution < 1.29 is 0 Å². The van der Waals surface area contributed by atoms with Gasteiger partial charge in [0.1, 0.15) is 0 Å². The Morgan fingerprint density at radius 2 is 1.37 bits per heavy atom. The van der Waals surface area contributed by atoms with Crippen molar-refractivity contribution in [2.75, 3.05) is 0 Å². The van der Waals surface area contributed by atoms with Crippen LogP contribution in [0, 0.1) is 12.3 Å². The van der Waals surface area contributed by atoms with E-state index in [9.17, 15) is 0 Å². The molecular weight excluding hydrogens is 360 g/mol. The summed E-state index contributed by atoms with van der Waals surface area (Å²) in [6, 6.07) is 13.8. The van der Waals surface area contributed by atoms with E-state index >= 15 is 0 Å². The third kappa shape index (κ3) is 3.73. The molecule has 1 aliphatic rings. The van der Waals surface area contributed by atoms with Crippen LogP contribution in [0.2, 0.25) is 0 Å². The summed E-state index contributed by atoms with van der Waals surface area (Å²) >= 11 is 0. The van der Waals surface area contributed by atoms with Gasteiger partial charge in [-0.05, 0) is 69.9 Å². The maximum atomic E-state index is 4.17. The highest BCUT2D eigenvalue weighted by Crippen LogP contribution is 2.50. The second-order valence-electron chi connectivity index (χ2n) is 11.0. The minimum absolute atomic E-state index is 0.00995. The normalized spacial score (nSPS) is 17.9. The lowest BCUT2D eigenvalue weighted by molar-refractivity contribution is 0.520. The van der Waals surface area contributed by atoms with Gasteiger partial charge in [0, 0.05) is 10.8 Å². The molecule has 2 aromatic rings. The molecule has 2 aromatic carbocycles. The summed E-state index contributed by atoms with van der Waals surface area (Å²) in [6.45, 7) is 24.8. The van der Waals surface area contributed by atoms with Crippen LogP contribution in [0.3, 0.4) is 0 Å². The predicted molar refractivity (Wildman–Crippen MR) is 133 cm³/mol. The number of hydrogen-bond donors (Lipinski definition) is 0. The van der Waals surface area contributed by atoms with Gasteiger partial charge < -0.3 is 0 Å². The molecule has 0 nitrogen and oxygen atoms in total. The van der Waals surface area contributed by atoms with Crippen LogP contribution in [0.5, 0.6) is 0 Å².